The Morgan fingerprint density at radius 2 is 2.33 bits per heavy atom. The second-order valence-corrected chi connectivity index (χ2v) is 4.73. The maximum atomic E-state index is 5.86. The summed E-state index contributed by atoms with van der Waals surface area (Å²) in [6.45, 7) is 5.52. The van der Waals surface area contributed by atoms with Gasteiger partial charge in [-0.25, -0.2) is 0 Å². The average molecular weight is 250 g/mol. The maximum Gasteiger partial charge on any atom is 0.144 e. The topological polar surface area (TPSA) is 56.5 Å². The summed E-state index contributed by atoms with van der Waals surface area (Å²) in [4.78, 5) is 0. The predicted octanol–water partition coefficient (Wildman–Crippen LogP) is 2.65. The smallest absolute Gasteiger partial charge is 0.144 e. The highest BCUT2D eigenvalue weighted by molar-refractivity contribution is 5.61. The molecule has 1 saturated heterocycles. The molecule has 1 aromatic carbocycles. The lowest BCUT2D eigenvalue weighted by atomic mass is 10.0. The fourth-order valence-electron chi connectivity index (χ4n) is 2.27. The first-order chi connectivity index (χ1) is 8.69. The van der Waals surface area contributed by atoms with Crippen molar-refractivity contribution in [3.8, 4) is 5.75 Å². The summed E-state index contributed by atoms with van der Waals surface area (Å²) in [6.07, 6.45) is 2.41. The zero-order chi connectivity index (χ0) is 13.0. The van der Waals surface area contributed by atoms with Crippen molar-refractivity contribution in [3.63, 3.8) is 0 Å². The Bertz CT molecular complexity index is 395. The molecule has 2 unspecified atom stereocenters. The van der Waals surface area contributed by atoms with E-state index in [0.29, 0.717) is 24.4 Å². The van der Waals surface area contributed by atoms with Gasteiger partial charge in [0.1, 0.15) is 5.75 Å². The van der Waals surface area contributed by atoms with Crippen LogP contribution in [0.4, 0.5) is 11.4 Å². The molecule has 1 fully saturated rings. The molecule has 0 radical (unpaired) electrons. The van der Waals surface area contributed by atoms with Gasteiger partial charge in [-0.3, -0.25) is 0 Å². The molecule has 0 bridgehead atoms. The van der Waals surface area contributed by atoms with Crippen LogP contribution in [0.2, 0.25) is 0 Å². The minimum absolute atomic E-state index is 0.330. The van der Waals surface area contributed by atoms with Gasteiger partial charge in [0.05, 0.1) is 18.4 Å². The molecule has 0 spiro atoms. The maximum absolute atomic E-state index is 5.86. The van der Waals surface area contributed by atoms with Gasteiger partial charge in [0, 0.05) is 24.4 Å². The van der Waals surface area contributed by atoms with Crippen LogP contribution in [-0.2, 0) is 4.74 Å². The average Bonchev–Trinajstić information content (AvgIpc) is 2.34. The molecule has 1 aliphatic rings. The van der Waals surface area contributed by atoms with Gasteiger partial charge in [0.15, 0.2) is 0 Å². The number of rotatable bonds is 4. The number of ether oxygens (including phenoxy) is 2. The summed E-state index contributed by atoms with van der Waals surface area (Å²) >= 11 is 0. The van der Waals surface area contributed by atoms with Gasteiger partial charge in [-0.1, -0.05) is 0 Å². The number of anilines is 2. The minimum Gasteiger partial charge on any atom is -0.492 e. The van der Waals surface area contributed by atoms with E-state index in [0.717, 1.165) is 30.9 Å². The first kappa shape index (κ1) is 13.0. The van der Waals surface area contributed by atoms with Crippen LogP contribution in [0.5, 0.6) is 5.75 Å². The number of nitrogens with one attached hydrogen (secondary N) is 1. The largest absolute Gasteiger partial charge is 0.492 e. The van der Waals surface area contributed by atoms with Crippen molar-refractivity contribution in [2.45, 2.75) is 38.8 Å². The molecule has 2 atom stereocenters. The van der Waals surface area contributed by atoms with Gasteiger partial charge >= 0.3 is 0 Å². The van der Waals surface area contributed by atoms with Gasteiger partial charge in [-0.05, 0) is 38.8 Å². The lowest BCUT2D eigenvalue weighted by molar-refractivity contribution is 0.0232. The molecule has 100 valence electrons. The van der Waals surface area contributed by atoms with Crippen LogP contribution in [-0.4, -0.2) is 25.4 Å². The van der Waals surface area contributed by atoms with E-state index >= 15 is 0 Å². The van der Waals surface area contributed by atoms with Crippen LogP contribution in [0.25, 0.3) is 0 Å². The molecule has 3 N–H and O–H groups in total. The van der Waals surface area contributed by atoms with E-state index in [2.05, 4.69) is 12.2 Å². The lowest BCUT2D eigenvalue weighted by Crippen LogP contribution is -2.32. The molecule has 1 heterocycles. The molecule has 1 aromatic rings. The van der Waals surface area contributed by atoms with E-state index < -0.39 is 0 Å². The first-order valence-corrected chi connectivity index (χ1v) is 6.59. The second-order valence-electron chi connectivity index (χ2n) is 4.73. The van der Waals surface area contributed by atoms with Crippen molar-refractivity contribution in [2.24, 2.45) is 0 Å². The molecule has 4 nitrogen and oxygen atoms in total. The van der Waals surface area contributed by atoms with Crippen molar-refractivity contribution >= 4 is 11.4 Å². The number of benzene rings is 1. The summed E-state index contributed by atoms with van der Waals surface area (Å²) in [6, 6.07) is 6.32. The van der Waals surface area contributed by atoms with Crippen molar-refractivity contribution in [2.75, 3.05) is 24.3 Å². The first-order valence-electron chi connectivity index (χ1n) is 6.59. The molecule has 18 heavy (non-hydrogen) atoms. The quantitative estimate of drug-likeness (QED) is 0.807. The number of nitrogen functional groups attached to an aromatic ring is 1. The Morgan fingerprint density at radius 3 is 3.06 bits per heavy atom. The lowest BCUT2D eigenvalue weighted by Gasteiger charge is -2.28. The Balaban J connectivity index is 2.02. The fourth-order valence-corrected chi connectivity index (χ4v) is 2.27. The third-order valence-corrected chi connectivity index (χ3v) is 3.17. The highest BCUT2D eigenvalue weighted by atomic mass is 16.5. The monoisotopic (exact) mass is 250 g/mol. The second kappa shape index (κ2) is 5.96. The van der Waals surface area contributed by atoms with Crippen molar-refractivity contribution in [3.05, 3.63) is 18.2 Å². The third kappa shape index (κ3) is 3.29. The molecule has 2 rings (SSSR count). The van der Waals surface area contributed by atoms with Gasteiger partial charge in [-0.15, -0.1) is 0 Å². The molecule has 0 amide bonds. The zero-order valence-electron chi connectivity index (χ0n) is 11.1. The molecular formula is C14H22N2O2. The van der Waals surface area contributed by atoms with E-state index in [4.69, 9.17) is 15.2 Å². The summed E-state index contributed by atoms with van der Waals surface area (Å²) in [5.74, 6) is 0.752. The van der Waals surface area contributed by atoms with Crippen molar-refractivity contribution in [1.82, 2.24) is 0 Å². The summed E-state index contributed by atoms with van der Waals surface area (Å²) in [5.41, 5.74) is 7.60. The van der Waals surface area contributed by atoms with Gasteiger partial charge in [0.2, 0.25) is 0 Å². The molecule has 1 aliphatic heterocycles. The van der Waals surface area contributed by atoms with Crippen LogP contribution < -0.4 is 15.8 Å². The van der Waals surface area contributed by atoms with Crippen LogP contribution in [0, 0.1) is 0 Å². The Hall–Kier alpha value is -1.42. The van der Waals surface area contributed by atoms with E-state index in [1.165, 1.54) is 0 Å². The Morgan fingerprint density at radius 1 is 1.50 bits per heavy atom. The standard InChI is InChI=1S/C14H22N2O2/c1-3-17-14-9-11(4-5-13(14)15)16-12-6-7-18-10(2)8-12/h4-5,9-10,12,16H,3,6-8,15H2,1-2H3. The minimum atomic E-state index is 0.330. The van der Waals surface area contributed by atoms with E-state index in [1.807, 2.05) is 25.1 Å². The SMILES string of the molecule is CCOc1cc(NC2CCOC(C)C2)ccc1N. The fraction of sp³-hybridized carbons (Fsp3) is 0.571. The Kier molecular flexibility index (Phi) is 4.31. The molecule has 0 aromatic heterocycles. The predicted molar refractivity (Wildman–Crippen MR) is 74.1 cm³/mol. The summed E-state index contributed by atoms with van der Waals surface area (Å²) < 4.78 is 11.0. The van der Waals surface area contributed by atoms with Gasteiger partial charge < -0.3 is 20.5 Å². The number of nitrogens with two attached hydrogens (primary N) is 1. The van der Waals surface area contributed by atoms with Crippen molar-refractivity contribution in [1.29, 1.82) is 0 Å². The Labute approximate surface area is 108 Å². The van der Waals surface area contributed by atoms with Crippen LogP contribution in [0.15, 0.2) is 18.2 Å². The van der Waals surface area contributed by atoms with E-state index in [1.54, 1.807) is 0 Å². The summed E-state index contributed by atoms with van der Waals surface area (Å²) in [7, 11) is 0. The molecular weight excluding hydrogens is 228 g/mol. The van der Waals surface area contributed by atoms with E-state index in [-0.39, 0.29) is 0 Å². The van der Waals surface area contributed by atoms with Crippen LogP contribution in [0.3, 0.4) is 0 Å². The van der Waals surface area contributed by atoms with E-state index in [9.17, 15) is 0 Å². The molecule has 0 saturated carbocycles. The highest BCUT2D eigenvalue weighted by Crippen LogP contribution is 2.27. The number of hydrogen-bond acceptors (Lipinski definition) is 4. The van der Waals surface area contributed by atoms with Gasteiger partial charge in [0.25, 0.3) is 0 Å². The van der Waals surface area contributed by atoms with Crippen molar-refractivity contribution < 1.29 is 9.47 Å². The molecule has 0 aliphatic carbocycles. The molecule has 4 heteroatoms. The normalized spacial score (nSPS) is 23.7. The third-order valence-electron chi connectivity index (χ3n) is 3.17. The van der Waals surface area contributed by atoms with Crippen LogP contribution in [0.1, 0.15) is 26.7 Å². The number of hydrogen-bond donors (Lipinski definition) is 2. The highest BCUT2D eigenvalue weighted by Gasteiger charge is 2.19. The zero-order valence-corrected chi connectivity index (χ0v) is 11.1. The van der Waals surface area contributed by atoms with Gasteiger partial charge in [-0.2, -0.15) is 0 Å². The summed E-state index contributed by atoms with van der Waals surface area (Å²) in [5, 5.41) is 3.52. The van der Waals surface area contributed by atoms with Crippen LogP contribution >= 0.6 is 0 Å².